The minimum Gasteiger partial charge on any atom is -0.461 e. The van der Waals surface area contributed by atoms with Gasteiger partial charge in [0.2, 0.25) is 0 Å². The first-order valence-corrected chi connectivity index (χ1v) is 8.27. The van der Waals surface area contributed by atoms with Gasteiger partial charge in [0.1, 0.15) is 0 Å². The Kier molecular flexibility index (Phi) is 5.45. The van der Waals surface area contributed by atoms with Crippen LogP contribution >= 0.6 is 0 Å². The SMILES string of the molecule is CCOC(=O)c1cc2nccc(-c3cccc(NCC(O)CO)c3)n2n1. The highest BCUT2D eigenvalue weighted by Crippen LogP contribution is 2.23. The van der Waals surface area contributed by atoms with Gasteiger partial charge in [0.05, 0.1) is 25.0 Å². The Morgan fingerprint density at radius 3 is 2.96 bits per heavy atom. The molecule has 3 N–H and O–H groups in total. The van der Waals surface area contributed by atoms with Crippen LogP contribution in [0.3, 0.4) is 0 Å². The van der Waals surface area contributed by atoms with E-state index in [1.165, 1.54) is 0 Å². The number of aliphatic hydroxyl groups excluding tert-OH is 2. The van der Waals surface area contributed by atoms with Crippen molar-refractivity contribution < 1.29 is 19.7 Å². The molecule has 136 valence electrons. The number of aromatic nitrogens is 3. The zero-order valence-corrected chi connectivity index (χ0v) is 14.3. The molecule has 3 rings (SSSR count). The Morgan fingerprint density at radius 2 is 2.19 bits per heavy atom. The van der Waals surface area contributed by atoms with Gasteiger partial charge in [-0.1, -0.05) is 12.1 Å². The number of fused-ring (bicyclic) bond motifs is 1. The summed E-state index contributed by atoms with van der Waals surface area (Å²) in [6.45, 7) is 1.95. The Labute approximate surface area is 150 Å². The smallest absolute Gasteiger partial charge is 0.358 e. The number of ether oxygens (including phenoxy) is 1. The molecule has 0 radical (unpaired) electrons. The first-order valence-electron chi connectivity index (χ1n) is 8.27. The van der Waals surface area contributed by atoms with Crippen LogP contribution in [0.15, 0.2) is 42.6 Å². The normalized spacial score (nSPS) is 12.1. The van der Waals surface area contributed by atoms with E-state index in [1.54, 1.807) is 29.8 Å². The summed E-state index contributed by atoms with van der Waals surface area (Å²) in [5.41, 5.74) is 3.15. The van der Waals surface area contributed by atoms with Gasteiger partial charge in [0.25, 0.3) is 0 Å². The molecule has 8 nitrogen and oxygen atoms in total. The van der Waals surface area contributed by atoms with Crippen LogP contribution < -0.4 is 5.32 Å². The predicted octanol–water partition coefficient (Wildman–Crippen LogP) is 1.34. The summed E-state index contributed by atoms with van der Waals surface area (Å²) in [5, 5.41) is 25.7. The second-order valence-electron chi connectivity index (χ2n) is 5.65. The highest BCUT2D eigenvalue weighted by atomic mass is 16.5. The molecule has 0 spiro atoms. The van der Waals surface area contributed by atoms with Gasteiger partial charge in [0, 0.05) is 30.1 Å². The van der Waals surface area contributed by atoms with Crippen LogP contribution in [0.1, 0.15) is 17.4 Å². The monoisotopic (exact) mass is 356 g/mol. The molecule has 0 aliphatic carbocycles. The van der Waals surface area contributed by atoms with Crippen molar-refractivity contribution in [1.82, 2.24) is 14.6 Å². The second kappa shape index (κ2) is 7.94. The van der Waals surface area contributed by atoms with E-state index in [4.69, 9.17) is 9.84 Å². The maximum Gasteiger partial charge on any atom is 0.358 e. The number of carbonyl (C=O) groups is 1. The number of benzene rings is 1. The van der Waals surface area contributed by atoms with Crippen molar-refractivity contribution >= 4 is 17.3 Å². The van der Waals surface area contributed by atoms with Gasteiger partial charge in [-0.25, -0.2) is 14.3 Å². The number of nitrogens with one attached hydrogen (secondary N) is 1. The fraction of sp³-hybridized carbons (Fsp3) is 0.278. The van der Waals surface area contributed by atoms with Gasteiger partial charge in [-0.2, -0.15) is 5.10 Å². The van der Waals surface area contributed by atoms with Crippen LogP contribution in [-0.4, -0.2) is 56.6 Å². The van der Waals surface area contributed by atoms with E-state index in [0.717, 1.165) is 16.9 Å². The number of esters is 1. The fourth-order valence-corrected chi connectivity index (χ4v) is 2.51. The molecule has 2 aromatic heterocycles. The van der Waals surface area contributed by atoms with Gasteiger partial charge in [-0.15, -0.1) is 0 Å². The molecule has 0 aliphatic rings. The van der Waals surface area contributed by atoms with Gasteiger partial charge in [-0.3, -0.25) is 0 Å². The van der Waals surface area contributed by atoms with Crippen molar-refractivity contribution in [3.05, 3.63) is 48.3 Å². The molecular weight excluding hydrogens is 336 g/mol. The number of aliphatic hydroxyl groups is 2. The lowest BCUT2D eigenvalue weighted by Crippen LogP contribution is -2.22. The van der Waals surface area contributed by atoms with Crippen LogP contribution in [0, 0.1) is 0 Å². The molecule has 0 bridgehead atoms. The summed E-state index contributed by atoms with van der Waals surface area (Å²) in [4.78, 5) is 16.2. The molecule has 0 fully saturated rings. The Hall–Kier alpha value is -2.97. The lowest BCUT2D eigenvalue weighted by Gasteiger charge is -2.12. The molecule has 0 saturated heterocycles. The third-order valence-electron chi connectivity index (χ3n) is 3.75. The summed E-state index contributed by atoms with van der Waals surface area (Å²) in [5.74, 6) is -0.489. The summed E-state index contributed by atoms with van der Waals surface area (Å²) in [7, 11) is 0. The average molecular weight is 356 g/mol. The predicted molar refractivity (Wildman–Crippen MR) is 96.0 cm³/mol. The van der Waals surface area contributed by atoms with E-state index in [9.17, 15) is 9.90 Å². The third-order valence-corrected chi connectivity index (χ3v) is 3.75. The highest BCUT2D eigenvalue weighted by molar-refractivity contribution is 5.88. The zero-order valence-electron chi connectivity index (χ0n) is 14.3. The summed E-state index contributed by atoms with van der Waals surface area (Å²) in [6.07, 6.45) is 0.821. The summed E-state index contributed by atoms with van der Waals surface area (Å²) >= 11 is 0. The largest absolute Gasteiger partial charge is 0.461 e. The van der Waals surface area contributed by atoms with Gasteiger partial charge < -0.3 is 20.3 Å². The van der Waals surface area contributed by atoms with E-state index in [1.807, 2.05) is 24.3 Å². The van der Waals surface area contributed by atoms with Crippen LogP contribution in [0.25, 0.3) is 16.9 Å². The van der Waals surface area contributed by atoms with Crippen molar-refractivity contribution in [1.29, 1.82) is 0 Å². The van der Waals surface area contributed by atoms with Gasteiger partial charge >= 0.3 is 5.97 Å². The van der Waals surface area contributed by atoms with Gasteiger partial charge in [-0.05, 0) is 25.1 Å². The number of hydrogen-bond acceptors (Lipinski definition) is 7. The quantitative estimate of drug-likeness (QED) is 0.548. The van der Waals surface area contributed by atoms with Crippen molar-refractivity contribution in [3.63, 3.8) is 0 Å². The molecule has 8 heteroatoms. The van der Waals surface area contributed by atoms with Crippen molar-refractivity contribution in [2.75, 3.05) is 25.1 Å². The van der Waals surface area contributed by atoms with E-state index in [0.29, 0.717) is 5.65 Å². The Bertz CT molecular complexity index is 909. The molecule has 2 heterocycles. The average Bonchev–Trinajstić information content (AvgIpc) is 3.11. The standard InChI is InChI=1S/C18H20N4O4/c1-2-26-18(25)15-9-17-19-7-6-16(22(17)21-15)12-4-3-5-13(8-12)20-10-14(24)11-23/h3-9,14,20,23-24H,2,10-11H2,1H3. The number of hydrogen-bond donors (Lipinski definition) is 3. The minimum absolute atomic E-state index is 0.201. The number of anilines is 1. The lowest BCUT2D eigenvalue weighted by atomic mass is 10.1. The molecule has 26 heavy (non-hydrogen) atoms. The first-order chi connectivity index (χ1) is 12.6. The molecule has 0 saturated carbocycles. The Balaban J connectivity index is 1.93. The molecule has 1 atom stereocenters. The maximum atomic E-state index is 11.9. The molecule has 1 aromatic carbocycles. The third kappa shape index (κ3) is 3.81. The van der Waals surface area contributed by atoms with Gasteiger partial charge in [0.15, 0.2) is 11.3 Å². The molecule has 0 aliphatic heterocycles. The van der Waals surface area contributed by atoms with Crippen molar-refractivity contribution in [2.45, 2.75) is 13.0 Å². The highest BCUT2D eigenvalue weighted by Gasteiger charge is 2.15. The molecule has 3 aromatic rings. The summed E-state index contributed by atoms with van der Waals surface area (Å²) < 4.78 is 6.58. The topological polar surface area (TPSA) is 109 Å². The van der Waals surface area contributed by atoms with Crippen LogP contribution in [-0.2, 0) is 4.74 Å². The maximum absolute atomic E-state index is 11.9. The lowest BCUT2D eigenvalue weighted by molar-refractivity contribution is 0.0519. The number of rotatable bonds is 7. The van der Waals surface area contributed by atoms with E-state index in [2.05, 4.69) is 15.4 Å². The van der Waals surface area contributed by atoms with Crippen molar-refractivity contribution in [2.24, 2.45) is 0 Å². The molecular formula is C18H20N4O4. The first kappa shape index (κ1) is 17.8. The van der Waals surface area contributed by atoms with E-state index >= 15 is 0 Å². The minimum atomic E-state index is -0.829. The number of carbonyl (C=O) groups excluding carboxylic acids is 1. The molecule has 1 unspecified atom stereocenters. The fourth-order valence-electron chi connectivity index (χ4n) is 2.51. The van der Waals surface area contributed by atoms with E-state index in [-0.39, 0.29) is 25.5 Å². The van der Waals surface area contributed by atoms with Crippen LogP contribution in [0.5, 0.6) is 0 Å². The van der Waals surface area contributed by atoms with Crippen LogP contribution in [0.4, 0.5) is 5.69 Å². The van der Waals surface area contributed by atoms with Crippen molar-refractivity contribution in [3.8, 4) is 11.3 Å². The number of nitrogens with zero attached hydrogens (tertiary/aromatic N) is 3. The molecule has 0 amide bonds. The second-order valence-corrected chi connectivity index (χ2v) is 5.65. The zero-order chi connectivity index (χ0) is 18.5. The summed E-state index contributed by atoms with van der Waals surface area (Å²) in [6, 6.07) is 10.9. The van der Waals surface area contributed by atoms with Crippen LogP contribution in [0.2, 0.25) is 0 Å². The Morgan fingerprint density at radius 1 is 1.35 bits per heavy atom. The van der Waals surface area contributed by atoms with E-state index < -0.39 is 12.1 Å².